The summed E-state index contributed by atoms with van der Waals surface area (Å²) in [5.41, 5.74) is 6.14. The molecule has 0 aliphatic carbocycles. The zero-order valence-electron chi connectivity index (χ0n) is 26.1. The SMILES string of the molecule is CCn1c2ccc(C(=O)c3ccccc3)cc2c2cc(/C(=N/OC(=O)n3ccnc3)c3ccc(OC(C)COC)cc3C)ccc21. The van der Waals surface area contributed by atoms with Gasteiger partial charge in [-0.05, 0) is 74.9 Å². The third-order valence-electron chi connectivity index (χ3n) is 7.87. The highest BCUT2D eigenvalue weighted by molar-refractivity contribution is 6.19. The van der Waals surface area contributed by atoms with E-state index in [0.717, 1.165) is 45.0 Å². The number of ether oxygens (including phenoxy) is 2. The van der Waals surface area contributed by atoms with Crippen molar-refractivity contribution in [3.8, 4) is 5.75 Å². The number of fused-ring (bicyclic) bond motifs is 3. The molecule has 6 aromatic rings. The van der Waals surface area contributed by atoms with Gasteiger partial charge in [0.1, 0.15) is 23.9 Å². The zero-order valence-corrected chi connectivity index (χ0v) is 26.1. The quantitative estimate of drug-likeness (QED) is 0.0690. The van der Waals surface area contributed by atoms with Crippen molar-refractivity contribution in [2.45, 2.75) is 33.4 Å². The van der Waals surface area contributed by atoms with Gasteiger partial charge in [0.05, 0.1) is 6.61 Å². The third kappa shape index (κ3) is 6.05. The Labute approximate surface area is 266 Å². The van der Waals surface area contributed by atoms with Crippen molar-refractivity contribution < 1.29 is 23.9 Å². The Hall–Kier alpha value is -5.54. The molecule has 46 heavy (non-hydrogen) atoms. The van der Waals surface area contributed by atoms with Crippen LogP contribution in [0.4, 0.5) is 4.79 Å². The Morgan fingerprint density at radius 3 is 2.26 bits per heavy atom. The summed E-state index contributed by atoms with van der Waals surface area (Å²) in [4.78, 5) is 35.5. The molecule has 4 aromatic carbocycles. The Morgan fingerprint density at radius 1 is 0.891 bits per heavy atom. The first kappa shape index (κ1) is 30.5. The van der Waals surface area contributed by atoms with Gasteiger partial charge in [0, 0.05) is 70.1 Å². The number of carbonyl (C=O) groups is 2. The number of nitrogens with zero attached hydrogens (tertiary/aromatic N) is 4. The first-order chi connectivity index (χ1) is 22.4. The van der Waals surface area contributed by atoms with Gasteiger partial charge < -0.3 is 14.0 Å². The second-order valence-corrected chi connectivity index (χ2v) is 11.0. The minimum absolute atomic E-state index is 0.0394. The van der Waals surface area contributed by atoms with Crippen LogP contribution in [0.2, 0.25) is 0 Å². The molecule has 0 amide bonds. The van der Waals surface area contributed by atoms with Crippen LogP contribution in [0.1, 0.15) is 46.5 Å². The number of oxime groups is 1. The van der Waals surface area contributed by atoms with Gasteiger partial charge in [-0.25, -0.2) is 14.3 Å². The van der Waals surface area contributed by atoms with Gasteiger partial charge in [-0.1, -0.05) is 41.6 Å². The lowest BCUT2D eigenvalue weighted by Crippen LogP contribution is -2.18. The molecule has 9 heteroatoms. The molecule has 0 bridgehead atoms. The molecule has 2 aromatic heterocycles. The van der Waals surface area contributed by atoms with E-state index < -0.39 is 6.09 Å². The van der Waals surface area contributed by atoms with Gasteiger partial charge in [-0.2, -0.15) is 0 Å². The summed E-state index contributed by atoms with van der Waals surface area (Å²) in [6.45, 7) is 7.20. The van der Waals surface area contributed by atoms with Crippen LogP contribution in [0.15, 0.2) is 109 Å². The summed E-state index contributed by atoms with van der Waals surface area (Å²) in [6, 6.07) is 26.9. The number of benzene rings is 4. The van der Waals surface area contributed by atoms with E-state index >= 15 is 0 Å². The number of hydrogen-bond acceptors (Lipinski definition) is 7. The van der Waals surface area contributed by atoms with E-state index in [0.29, 0.717) is 29.2 Å². The lowest BCUT2D eigenvalue weighted by molar-refractivity contribution is 0.0920. The number of ketones is 1. The molecule has 1 unspecified atom stereocenters. The van der Waals surface area contributed by atoms with E-state index in [1.165, 1.54) is 23.3 Å². The lowest BCUT2D eigenvalue weighted by Gasteiger charge is -2.16. The number of carbonyl (C=O) groups excluding carboxylic acids is 2. The van der Waals surface area contributed by atoms with Gasteiger partial charge in [0.2, 0.25) is 0 Å². The number of imidazole rings is 1. The van der Waals surface area contributed by atoms with E-state index in [9.17, 15) is 9.59 Å². The number of aromatic nitrogens is 3. The summed E-state index contributed by atoms with van der Waals surface area (Å²) < 4.78 is 14.7. The summed E-state index contributed by atoms with van der Waals surface area (Å²) in [6.07, 6.45) is 3.53. The molecule has 2 heterocycles. The normalized spacial score (nSPS) is 12.4. The largest absolute Gasteiger partial charge is 0.488 e. The van der Waals surface area contributed by atoms with Gasteiger partial charge >= 0.3 is 6.09 Å². The Kier molecular flexibility index (Phi) is 8.76. The standard InChI is InChI=1S/C37H34N4O5/c1-5-41-33-15-11-27(20-31(33)32-21-28(12-16-34(32)41)36(42)26-9-7-6-8-10-26)35(39-46-37(43)40-18-17-38-23-40)30-14-13-29(19-24(30)2)45-25(3)22-44-4/h6-21,23,25H,5,22H2,1-4H3/b39-35-. The highest BCUT2D eigenvalue weighted by Crippen LogP contribution is 2.32. The topological polar surface area (TPSA) is 96.9 Å². The van der Waals surface area contributed by atoms with Crippen LogP contribution in [0, 0.1) is 6.92 Å². The van der Waals surface area contributed by atoms with Crippen LogP contribution in [0.25, 0.3) is 21.8 Å². The number of rotatable bonds is 10. The van der Waals surface area contributed by atoms with Gasteiger partial charge in [-0.3, -0.25) is 9.63 Å². The summed E-state index contributed by atoms with van der Waals surface area (Å²) >= 11 is 0. The maximum Gasteiger partial charge on any atom is 0.445 e. The number of methoxy groups -OCH3 is 1. The molecule has 0 aliphatic heterocycles. The van der Waals surface area contributed by atoms with Crippen molar-refractivity contribution in [2.24, 2.45) is 5.16 Å². The van der Waals surface area contributed by atoms with E-state index in [1.807, 2.05) is 98.8 Å². The Morgan fingerprint density at radius 2 is 1.61 bits per heavy atom. The molecule has 0 saturated heterocycles. The average Bonchev–Trinajstić information content (AvgIpc) is 3.72. The first-order valence-electron chi connectivity index (χ1n) is 15.1. The average molecular weight is 615 g/mol. The Bertz CT molecular complexity index is 2060. The van der Waals surface area contributed by atoms with E-state index in [2.05, 4.69) is 21.6 Å². The predicted octanol–water partition coefficient (Wildman–Crippen LogP) is 7.40. The lowest BCUT2D eigenvalue weighted by atomic mass is 9.96. The van der Waals surface area contributed by atoms with Crippen LogP contribution >= 0.6 is 0 Å². The molecule has 232 valence electrons. The smallest absolute Gasteiger partial charge is 0.445 e. The molecular formula is C37H34N4O5. The molecule has 0 spiro atoms. The molecule has 6 rings (SSSR count). The minimum Gasteiger partial charge on any atom is -0.488 e. The number of hydrogen-bond donors (Lipinski definition) is 0. The highest BCUT2D eigenvalue weighted by Gasteiger charge is 2.19. The number of aryl methyl sites for hydroxylation is 2. The maximum atomic E-state index is 13.4. The fraction of sp³-hybridized carbons (Fsp3) is 0.189. The van der Waals surface area contributed by atoms with Gasteiger partial charge in [-0.15, -0.1) is 0 Å². The molecule has 0 saturated carbocycles. The molecule has 0 aliphatic rings. The Balaban J connectivity index is 1.47. The molecule has 1 atom stereocenters. The zero-order chi connectivity index (χ0) is 32.2. The van der Waals surface area contributed by atoms with E-state index in [4.69, 9.17) is 14.3 Å². The van der Waals surface area contributed by atoms with Gasteiger partial charge in [0.15, 0.2) is 5.78 Å². The van der Waals surface area contributed by atoms with Crippen molar-refractivity contribution in [1.29, 1.82) is 0 Å². The summed E-state index contributed by atoms with van der Waals surface area (Å²) in [5.74, 6) is 0.653. The minimum atomic E-state index is -0.686. The summed E-state index contributed by atoms with van der Waals surface area (Å²) in [5, 5.41) is 6.30. The molecular weight excluding hydrogens is 580 g/mol. The molecule has 0 radical (unpaired) electrons. The second kappa shape index (κ2) is 13.2. The van der Waals surface area contributed by atoms with Crippen LogP contribution in [-0.4, -0.2) is 51.5 Å². The molecule has 0 N–H and O–H groups in total. The highest BCUT2D eigenvalue weighted by atomic mass is 16.7. The van der Waals surface area contributed by atoms with Crippen molar-refractivity contribution >= 4 is 39.4 Å². The first-order valence-corrected chi connectivity index (χ1v) is 15.1. The second-order valence-electron chi connectivity index (χ2n) is 11.0. The molecule has 0 fully saturated rings. The van der Waals surface area contributed by atoms with Crippen LogP contribution in [-0.2, 0) is 16.1 Å². The summed E-state index contributed by atoms with van der Waals surface area (Å²) in [7, 11) is 1.64. The van der Waals surface area contributed by atoms with Crippen molar-refractivity contribution in [2.75, 3.05) is 13.7 Å². The van der Waals surface area contributed by atoms with Crippen molar-refractivity contribution in [3.05, 3.63) is 131 Å². The fourth-order valence-electron chi connectivity index (χ4n) is 5.72. The van der Waals surface area contributed by atoms with E-state index in [1.54, 1.807) is 7.11 Å². The van der Waals surface area contributed by atoms with Crippen LogP contribution < -0.4 is 4.74 Å². The monoisotopic (exact) mass is 614 g/mol. The maximum absolute atomic E-state index is 13.4. The third-order valence-corrected chi connectivity index (χ3v) is 7.87. The van der Waals surface area contributed by atoms with E-state index in [-0.39, 0.29) is 11.9 Å². The van der Waals surface area contributed by atoms with Crippen molar-refractivity contribution in [1.82, 2.24) is 14.1 Å². The molecule has 9 nitrogen and oxygen atoms in total. The predicted molar refractivity (Wildman–Crippen MR) is 178 cm³/mol. The van der Waals surface area contributed by atoms with Gasteiger partial charge in [0.25, 0.3) is 0 Å². The van der Waals surface area contributed by atoms with Crippen molar-refractivity contribution in [3.63, 3.8) is 0 Å². The fourth-order valence-corrected chi connectivity index (χ4v) is 5.72. The van der Waals surface area contributed by atoms with Crippen LogP contribution in [0.5, 0.6) is 5.75 Å². The van der Waals surface area contributed by atoms with Crippen LogP contribution in [0.3, 0.4) is 0 Å².